The lowest BCUT2D eigenvalue weighted by atomic mass is 10.4. The van der Waals surface area contributed by atoms with Crippen LogP contribution in [0.25, 0.3) is 0 Å². The van der Waals surface area contributed by atoms with Crippen LogP contribution in [0, 0.1) is 0 Å². The minimum absolute atomic E-state index is 0.0481. The summed E-state index contributed by atoms with van der Waals surface area (Å²) in [5.41, 5.74) is 0.586. The number of hydrogen-bond donors (Lipinski definition) is 1. The van der Waals surface area contributed by atoms with E-state index in [4.69, 9.17) is 0 Å². The van der Waals surface area contributed by atoms with E-state index in [2.05, 4.69) is 5.32 Å². The molecule has 0 aromatic carbocycles. The summed E-state index contributed by atoms with van der Waals surface area (Å²) in [6, 6.07) is 1.82. The van der Waals surface area contributed by atoms with E-state index in [1.54, 1.807) is 23.0 Å². The number of carbonyl (C=O) groups excluding carboxylic acids is 2. The van der Waals surface area contributed by atoms with Gasteiger partial charge in [-0.25, -0.2) is 0 Å². The summed E-state index contributed by atoms with van der Waals surface area (Å²) in [7, 11) is 0. The van der Waals surface area contributed by atoms with Gasteiger partial charge in [0.25, 0.3) is 0 Å². The second kappa shape index (κ2) is 4.60. The van der Waals surface area contributed by atoms with Gasteiger partial charge >= 0.3 is 0 Å². The van der Waals surface area contributed by atoms with E-state index < -0.39 is 0 Å². The third-order valence-electron chi connectivity index (χ3n) is 1.69. The van der Waals surface area contributed by atoms with E-state index in [0.717, 1.165) is 6.29 Å². The molecule has 1 N–H and O–H groups in total. The van der Waals surface area contributed by atoms with Gasteiger partial charge in [0, 0.05) is 24.0 Å². The second-order valence-corrected chi connectivity index (χ2v) is 3.46. The summed E-state index contributed by atoms with van der Waals surface area (Å²) < 4.78 is 1.68. The third-order valence-corrected chi connectivity index (χ3v) is 1.69. The summed E-state index contributed by atoms with van der Waals surface area (Å²) >= 11 is 0. The fourth-order valence-corrected chi connectivity index (χ4v) is 1.16. The lowest BCUT2D eigenvalue weighted by Crippen LogP contribution is -2.32. The third kappa shape index (κ3) is 3.05. The molecular weight excluding hydrogens is 180 g/mol. The maximum absolute atomic E-state index is 11.3. The van der Waals surface area contributed by atoms with E-state index in [9.17, 15) is 9.59 Å². The summed E-state index contributed by atoms with van der Waals surface area (Å²) in [5, 5.41) is 2.77. The zero-order valence-electron chi connectivity index (χ0n) is 8.36. The number of aldehydes is 1. The molecule has 1 amide bonds. The van der Waals surface area contributed by atoms with Gasteiger partial charge < -0.3 is 9.88 Å². The van der Waals surface area contributed by atoms with Gasteiger partial charge in [0.05, 0.1) is 0 Å². The fourth-order valence-electron chi connectivity index (χ4n) is 1.16. The maximum Gasteiger partial charge on any atom is 0.240 e. The topological polar surface area (TPSA) is 51.1 Å². The van der Waals surface area contributed by atoms with Crippen molar-refractivity contribution in [2.45, 2.75) is 26.4 Å². The van der Waals surface area contributed by atoms with E-state index in [0.29, 0.717) is 5.56 Å². The molecule has 14 heavy (non-hydrogen) atoms. The number of nitrogens with one attached hydrogen (secondary N) is 1. The van der Waals surface area contributed by atoms with Crippen molar-refractivity contribution in [2.75, 3.05) is 0 Å². The van der Waals surface area contributed by atoms with Crippen LogP contribution in [0.3, 0.4) is 0 Å². The Morgan fingerprint density at radius 1 is 1.64 bits per heavy atom. The van der Waals surface area contributed by atoms with Crippen molar-refractivity contribution in [2.24, 2.45) is 0 Å². The van der Waals surface area contributed by atoms with Crippen LogP contribution >= 0.6 is 0 Å². The Kier molecular flexibility index (Phi) is 3.45. The SMILES string of the molecule is CC(C)NC(=O)Cn1ccc(C=O)c1. The lowest BCUT2D eigenvalue weighted by Gasteiger charge is -2.08. The molecule has 0 unspecified atom stereocenters. The smallest absolute Gasteiger partial charge is 0.240 e. The van der Waals surface area contributed by atoms with Gasteiger partial charge in [-0.2, -0.15) is 0 Å². The molecule has 0 saturated carbocycles. The van der Waals surface area contributed by atoms with Crippen molar-refractivity contribution in [3.05, 3.63) is 24.0 Å². The molecule has 76 valence electrons. The number of nitrogens with zero attached hydrogens (tertiary/aromatic N) is 1. The zero-order valence-corrected chi connectivity index (χ0v) is 8.36. The molecule has 0 radical (unpaired) electrons. The summed E-state index contributed by atoms with van der Waals surface area (Å²) in [6.07, 6.45) is 4.12. The second-order valence-electron chi connectivity index (χ2n) is 3.46. The highest BCUT2D eigenvalue weighted by atomic mass is 16.2. The van der Waals surface area contributed by atoms with Crippen molar-refractivity contribution < 1.29 is 9.59 Å². The van der Waals surface area contributed by atoms with Gasteiger partial charge in [0.2, 0.25) is 5.91 Å². The summed E-state index contributed by atoms with van der Waals surface area (Å²) in [4.78, 5) is 21.7. The van der Waals surface area contributed by atoms with Crippen molar-refractivity contribution in [3.63, 3.8) is 0 Å². The number of rotatable bonds is 4. The molecular formula is C10H14N2O2. The minimum atomic E-state index is -0.0481. The Morgan fingerprint density at radius 2 is 2.36 bits per heavy atom. The molecule has 1 rings (SSSR count). The van der Waals surface area contributed by atoms with Gasteiger partial charge in [-0.15, -0.1) is 0 Å². The largest absolute Gasteiger partial charge is 0.352 e. The van der Waals surface area contributed by atoms with Crippen molar-refractivity contribution in [1.82, 2.24) is 9.88 Å². The summed E-state index contributed by atoms with van der Waals surface area (Å²) in [6.45, 7) is 4.07. The van der Waals surface area contributed by atoms with E-state index in [1.807, 2.05) is 13.8 Å². The molecule has 1 aromatic rings. The average molecular weight is 194 g/mol. The number of hydrogen-bond acceptors (Lipinski definition) is 2. The first-order valence-corrected chi connectivity index (χ1v) is 4.52. The van der Waals surface area contributed by atoms with Crippen molar-refractivity contribution >= 4 is 12.2 Å². The van der Waals surface area contributed by atoms with Gasteiger partial charge in [-0.1, -0.05) is 0 Å². The van der Waals surface area contributed by atoms with Crippen LogP contribution in [0.15, 0.2) is 18.5 Å². The molecule has 4 heteroatoms. The number of carbonyl (C=O) groups is 2. The molecule has 0 atom stereocenters. The van der Waals surface area contributed by atoms with Crippen molar-refractivity contribution in [1.29, 1.82) is 0 Å². The highest BCUT2D eigenvalue weighted by Crippen LogP contribution is 1.97. The highest BCUT2D eigenvalue weighted by Gasteiger charge is 2.04. The first-order chi connectivity index (χ1) is 6.61. The quantitative estimate of drug-likeness (QED) is 0.721. The predicted octanol–water partition coefficient (Wildman–Crippen LogP) is 0.825. The maximum atomic E-state index is 11.3. The van der Waals surface area contributed by atoms with Crippen LogP contribution in [-0.2, 0) is 11.3 Å². The van der Waals surface area contributed by atoms with Gasteiger partial charge in [-0.05, 0) is 19.9 Å². The first kappa shape index (κ1) is 10.5. The molecule has 0 bridgehead atoms. The van der Waals surface area contributed by atoms with E-state index >= 15 is 0 Å². The zero-order chi connectivity index (χ0) is 10.6. The van der Waals surface area contributed by atoms with Gasteiger partial charge in [0.1, 0.15) is 6.54 Å². The van der Waals surface area contributed by atoms with Gasteiger partial charge in [-0.3, -0.25) is 9.59 Å². The molecule has 4 nitrogen and oxygen atoms in total. The van der Waals surface area contributed by atoms with Crippen LogP contribution in [0.5, 0.6) is 0 Å². The Bertz CT molecular complexity index is 329. The predicted molar refractivity (Wildman–Crippen MR) is 53.1 cm³/mol. The van der Waals surface area contributed by atoms with Crippen LogP contribution in [0.2, 0.25) is 0 Å². The van der Waals surface area contributed by atoms with Crippen LogP contribution < -0.4 is 5.32 Å². The lowest BCUT2D eigenvalue weighted by molar-refractivity contribution is -0.122. The Balaban J connectivity index is 2.51. The number of aromatic nitrogens is 1. The Hall–Kier alpha value is -1.58. The molecule has 0 spiro atoms. The monoisotopic (exact) mass is 194 g/mol. The molecule has 0 saturated heterocycles. The Morgan fingerprint density at radius 3 is 2.86 bits per heavy atom. The molecule has 0 fully saturated rings. The first-order valence-electron chi connectivity index (χ1n) is 4.52. The average Bonchev–Trinajstić information content (AvgIpc) is 2.50. The summed E-state index contributed by atoms with van der Waals surface area (Å²) in [5.74, 6) is -0.0481. The van der Waals surface area contributed by atoms with E-state index in [1.165, 1.54) is 0 Å². The molecule has 0 aliphatic rings. The molecule has 0 aliphatic heterocycles. The minimum Gasteiger partial charge on any atom is -0.352 e. The standard InChI is InChI=1S/C10H14N2O2/c1-8(2)11-10(14)6-12-4-3-9(5-12)7-13/h3-5,7-8H,6H2,1-2H3,(H,11,14). The van der Waals surface area contributed by atoms with Crippen LogP contribution in [0.4, 0.5) is 0 Å². The van der Waals surface area contributed by atoms with Crippen molar-refractivity contribution in [3.8, 4) is 0 Å². The van der Waals surface area contributed by atoms with Gasteiger partial charge in [0.15, 0.2) is 6.29 Å². The normalized spacial score (nSPS) is 10.2. The fraction of sp³-hybridized carbons (Fsp3) is 0.400. The molecule has 1 heterocycles. The van der Waals surface area contributed by atoms with E-state index in [-0.39, 0.29) is 18.5 Å². The molecule has 1 aromatic heterocycles. The van der Waals surface area contributed by atoms with Crippen LogP contribution in [0.1, 0.15) is 24.2 Å². The van der Waals surface area contributed by atoms with Crippen LogP contribution in [-0.4, -0.2) is 22.8 Å². The highest BCUT2D eigenvalue weighted by molar-refractivity contribution is 5.77. The molecule has 0 aliphatic carbocycles. The Labute approximate surface area is 82.9 Å². The number of amides is 1.